The zero-order valence-electron chi connectivity index (χ0n) is 10.4. The first-order chi connectivity index (χ1) is 8.95. The number of rotatable bonds is 3. The fourth-order valence-corrected chi connectivity index (χ4v) is 2.22. The standard InChI is InChI=1S/C12H15F3N2O2/c1-19-10-4-9(7-18)17(6-10)11-3-2-8(5-16-11)12(13,14)15/h2-3,5,9-10,18H,4,6-7H2,1H3/t9-,10+/m0/s1. The molecule has 0 amide bonds. The van der Waals surface area contributed by atoms with Gasteiger partial charge in [0.25, 0.3) is 0 Å². The molecule has 1 fully saturated rings. The zero-order valence-corrected chi connectivity index (χ0v) is 10.4. The third-order valence-corrected chi connectivity index (χ3v) is 3.29. The molecular formula is C12H15F3N2O2. The zero-order chi connectivity index (χ0) is 14.0. The van der Waals surface area contributed by atoms with Crippen LogP contribution in [0.3, 0.4) is 0 Å². The number of methoxy groups -OCH3 is 1. The Kier molecular flexibility index (Phi) is 3.96. The van der Waals surface area contributed by atoms with Crippen molar-refractivity contribution in [2.45, 2.75) is 24.7 Å². The summed E-state index contributed by atoms with van der Waals surface area (Å²) in [5.41, 5.74) is -0.778. The van der Waals surface area contributed by atoms with Crippen LogP contribution >= 0.6 is 0 Å². The second-order valence-corrected chi connectivity index (χ2v) is 4.49. The molecule has 0 spiro atoms. The molecule has 1 saturated heterocycles. The Morgan fingerprint density at radius 1 is 1.47 bits per heavy atom. The van der Waals surface area contributed by atoms with E-state index in [9.17, 15) is 18.3 Å². The van der Waals surface area contributed by atoms with E-state index in [1.165, 1.54) is 6.07 Å². The van der Waals surface area contributed by atoms with E-state index in [1.807, 2.05) is 0 Å². The summed E-state index contributed by atoms with van der Waals surface area (Å²) in [5.74, 6) is 0.423. The largest absolute Gasteiger partial charge is 0.417 e. The van der Waals surface area contributed by atoms with Crippen molar-refractivity contribution in [3.63, 3.8) is 0 Å². The number of hydrogen-bond donors (Lipinski definition) is 1. The molecule has 1 aliphatic heterocycles. The van der Waals surface area contributed by atoms with Gasteiger partial charge in [-0.15, -0.1) is 0 Å². The van der Waals surface area contributed by atoms with Gasteiger partial charge in [-0.05, 0) is 18.6 Å². The first kappa shape index (κ1) is 14.1. The number of aliphatic hydroxyl groups is 1. The highest BCUT2D eigenvalue weighted by molar-refractivity contribution is 5.43. The second-order valence-electron chi connectivity index (χ2n) is 4.49. The third kappa shape index (κ3) is 2.98. The van der Waals surface area contributed by atoms with Crippen molar-refractivity contribution in [1.82, 2.24) is 4.98 Å². The van der Waals surface area contributed by atoms with Crippen LogP contribution in [0.4, 0.5) is 19.0 Å². The smallest absolute Gasteiger partial charge is 0.394 e. The Balaban J connectivity index is 2.17. The fourth-order valence-electron chi connectivity index (χ4n) is 2.22. The predicted molar refractivity (Wildman–Crippen MR) is 62.9 cm³/mol. The lowest BCUT2D eigenvalue weighted by Crippen LogP contribution is -2.33. The minimum atomic E-state index is -4.39. The van der Waals surface area contributed by atoms with Crippen LogP contribution in [0.1, 0.15) is 12.0 Å². The van der Waals surface area contributed by atoms with Gasteiger partial charge in [-0.25, -0.2) is 4.98 Å². The molecule has 0 unspecified atom stereocenters. The molecule has 1 N–H and O–H groups in total. The van der Waals surface area contributed by atoms with Gasteiger partial charge in [0.15, 0.2) is 0 Å². The van der Waals surface area contributed by atoms with Gasteiger partial charge in [-0.2, -0.15) is 13.2 Å². The van der Waals surface area contributed by atoms with Crippen molar-refractivity contribution >= 4 is 5.82 Å². The van der Waals surface area contributed by atoms with Crippen LogP contribution in [0.2, 0.25) is 0 Å². The normalized spacial score (nSPS) is 23.9. The van der Waals surface area contributed by atoms with Crippen molar-refractivity contribution in [3.05, 3.63) is 23.9 Å². The molecular weight excluding hydrogens is 261 g/mol. The lowest BCUT2D eigenvalue weighted by atomic mass is 10.2. The molecule has 106 valence electrons. The lowest BCUT2D eigenvalue weighted by Gasteiger charge is -2.24. The van der Waals surface area contributed by atoms with Gasteiger partial charge in [-0.3, -0.25) is 0 Å². The first-order valence-electron chi connectivity index (χ1n) is 5.89. The Morgan fingerprint density at radius 2 is 2.21 bits per heavy atom. The van der Waals surface area contributed by atoms with Crippen molar-refractivity contribution in [3.8, 4) is 0 Å². The number of ether oxygens (including phenoxy) is 1. The molecule has 0 saturated carbocycles. The van der Waals surface area contributed by atoms with Crippen LogP contribution < -0.4 is 4.90 Å². The van der Waals surface area contributed by atoms with Crippen LogP contribution in [0.15, 0.2) is 18.3 Å². The quantitative estimate of drug-likeness (QED) is 0.912. The maximum Gasteiger partial charge on any atom is 0.417 e. The third-order valence-electron chi connectivity index (χ3n) is 3.29. The number of aromatic nitrogens is 1. The molecule has 1 aliphatic rings. The second kappa shape index (κ2) is 5.34. The van der Waals surface area contributed by atoms with E-state index in [4.69, 9.17) is 4.74 Å². The van der Waals surface area contributed by atoms with E-state index in [0.29, 0.717) is 18.8 Å². The van der Waals surface area contributed by atoms with Crippen molar-refractivity contribution in [2.24, 2.45) is 0 Å². The highest BCUT2D eigenvalue weighted by Gasteiger charge is 2.34. The van der Waals surface area contributed by atoms with E-state index >= 15 is 0 Å². The summed E-state index contributed by atoms with van der Waals surface area (Å²) in [7, 11) is 1.57. The maximum atomic E-state index is 12.4. The Morgan fingerprint density at radius 3 is 2.68 bits per heavy atom. The Labute approximate surface area is 108 Å². The summed E-state index contributed by atoms with van der Waals surface area (Å²) in [6.45, 7) is 0.433. The molecule has 19 heavy (non-hydrogen) atoms. The van der Waals surface area contributed by atoms with Gasteiger partial charge in [-0.1, -0.05) is 0 Å². The van der Waals surface area contributed by atoms with Crippen LogP contribution in [0.5, 0.6) is 0 Å². The highest BCUT2D eigenvalue weighted by atomic mass is 19.4. The number of nitrogens with zero attached hydrogens (tertiary/aromatic N) is 2. The molecule has 7 heteroatoms. The average molecular weight is 276 g/mol. The van der Waals surface area contributed by atoms with Gasteiger partial charge in [0.05, 0.1) is 24.3 Å². The van der Waals surface area contributed by atoms with Gasteiger partial charge in [0, 0.05) is 19.9 Å². The molecule has 4 nitrogen and oxygen atoms in total. The van der Waals surface area contributed by atoms with Crippen molar-refractivity contribution in [2.75, 3.05) is 25.2 Å². The summed E-state index contributed by atoms with van der Waals surface area (Å²) in [4.78, 5) is 5.61. The molecule has 0 aliphatic carbocycles. The van der Waals surface area contributed by atoms with Gasteiger partial charge in [0.1, 0.15) is 5.82 Å². The van der Waals surface area contributed by atoms with Crippen LogP contribution in [-0.4, -0.2) is 42.5 Å². The van der Waals surface area contributed by atoms with E-state index in [-0.39, 0.29) is 18.8 Å². The fraction of sp³-hybridized carbons (Fsp3) is 0.583. The molecule has 2 heterocycles. The molecule has 1 aromatic rings. The van der Waals surface area contributed by atoms with Crippen LogP contribution in [0.25, 0.3) is 0 Å². The minimum absolute atomic E-state index is 0.0405. The first-order valence-corrected chi connectivity index (χ1v) is 5.89. The molecule has 2 atom stereocenters. The van der Waals surface area contributed by atoms with E-state index < -0.39 is 11.7 Å². The number of anilines is 1. The average Bonchev–Trinajstić information content (AvgIpc) is 2.81. The number of pyridine rings is 1. The van der Waals surface area contributed by atoms with Crippen LogP contribution in [0, 0.1) is 0 Å². The summed E-state index contributed by atoms with van der Waals surface area (Å²) in [6.07, 6.45) is -2.98. The number of aliphatic hydroxyl groups excluding tert-OH is 1. The summed E-state index contributed by atoms with van der Waals surface area (Å²) < 4.78 is 42.5. The number of halogens is 3. The van der Waals surface area contributed by atoms with E-state index in [2.05, 4.69) is 4.98 Å². The molecule has 0 bridgehead atoms. The molecule has 0 radical (unpaired) electrons. The SMILES string of the molecule is CO[C@@H]1C[C@@H](CO)N(c2ccc(C(F)(F)F)cn2)C1. The predicted octanol–water partition coefficient (Wildman–Crippen LogP) is 1.69. The van der Waals surface area contributed by atoms with Crippen LogP contribution in [-0.2, 0) is 10.9 Å². The molecule has 2 rings (SSSR count). The van der Waals surface area contributed by atoms with Gasteiger partial charge >= 0.3 is 6.18 Å². The van der Waals surface area contributed by atoms with E-state index in [1.54, 1.807) is 12.0 Å². The topological polar surface area (TPSA) is 45.6 Å². The monoisotopic (exact) mass is 276 g/mol. The summed E-state index contributed by atoms with van der Waals surface area (Å²) in [5, 5.41) is 9.29. The molecule has 1 aromatic heterocycles. The highest BCUT2D eigenvalue weighted by Crippen LogP contribution is 2.31. The minimum Gasteiger partial charge on any atom is -0.394 e. The number of hydrogen-bond acceptors (Lipinski definition) is 4. The maximum absolute atomic E-state index is 12.4. The Hall–Kier alpha value is -1.34. The number of alkyl halides is 3. The van der Waals surface area contributed by atoms with E-state index in [0.717, 1.165) is 12.3 Å². The summed E-state index contributed by atoms with van der Waals surface area (Å²) in [6, 6.07) is 2.15. The van der Waals surface area contributed by atoms with Crippen molar-refractivity contribution < 1.29 is 23.0 Å². The lowest BCUT2D eigenvalue weighted by molar-refractivity contribution is -0.137. The van der Waals surface area contributed by atoms with Gasteiger partial charge in [0.2, 0.25) is 0 Å². The van der Waals surface area contributed by atoms with Gasteiger partial charge < -0.3 is 14.7 Å². The molecule has 0 aromatic carbocycles. The van der Waals surface area contributed by atoms with Crippen molar-refractivity contribution in [1.29, 1.82) is 0 Å². The Bertz CT molecular complexity index is 422. The summed E-state index contributed by atoms with van der Waals surface area (Å²) >= 11 is 0.